The Balaban J connectivity index is 0.890. The Labute approximate surface area is 358 Å². The SMILES string of the molecule is C=CC(=O)OCCCCOc1ccc(-c2ccc(C=CC(=O)O[C@H]3CO[C@H]4[C@@H]3OC[C@H]4OC(=O)c3ccc(OC(=O)c4ccc(OCCCOC(=O)C=C)cc4)cc3)cc2)cc1. The fourth-order valence-electron chi connectivity index (χ4n) is 6.34. The molecule has 2 saturated heterocycles. The van der Waals surface area contributed by atoms with E-state index >= 15 is 0 Å². The molecule has 14 nitrogen and oxygen atoms in total. The van der Waals surface area contributed by atoms with Gasteiger partial charge in [-0.15, -0.1) is 0 Å². The van der Waals surface area contributed by atoms with Crippen molar-refractivity contribution in [1.82, 2.24) is 0 Å². The molecule has 0 aliphatic carbocycles. The number of hydrogen-bond donors (Lipinski definition) is 0. The monoisotopic (exact) mass is 846 g/mol. The van der Waals surface area contributed by atoms with Crippen LogP contribution in [0.5, 0.6) is 17.2 Å². The molecule has 2 aliphatic rings. The van der Waals surface area contributed by atoms with Gasteiger partial charge in [-0.1, -0.05) is 49.6 Å². The van der Waals surface area contributed by atoms with E-state index in [4.69, 9.17) is 42.6 Å². The summed E-state index contributed by atoms with van der Waals surface area (Å²) in [7, 11) is 0. The van der Waals surface area contributed by atoms with Gasteiger partial charge in [-0.05, 0) is 96.3 Å². The number of carbonyl (C=O) groups excluding carboxylic acids is 5. The van der Waals surface area contributed by atoms with Gasteiger partial charge in [-0.2, -0.15) is 0 Å². The van der Waals surface area contributed by atoms with Gasteiger partial charge in [0.25, 0.3) is 0 Å². The van der Waals surface area contributed by atoms with Gasteiger partial charge in [0.2, 0.25) is 0 Å². The maximum absolute atomic E-state index is 13.0. The van der Waals surface area contributed by atoms with Crippen molar-refractivity contribution in [3.05, 3.63) is 145 Å². The maximum atomic E-state index is 13.0. The minimum Gasteiger partial charge on any atom is -0.494 e. The number of benzene rings is 4. The summed E-state index contributed by atoms with van der Waals surface area (Å²) in [5.74, 6) is -1.21. The molecule has 322 valence electrons. The number of fused-ring (bicyclic) bond motifs is 1. The molecule has 0 N–H and O–H groups in total. The average molecular weight is 847 g/mol. The summed E-state index contributed by atoms with van der Waals surface area (Å²) in [5.41, 5.74) is 3.32. The predicted molar refractivity (Wildman–Crippen MR) is 224 cm³/mol. The summed E-state index contributed by atoms with van der Waals surface area (Å²) in [6.45, 7) is 8.21. The molecular weight excluding hydrogens is 801 g/mol. The smallest absolute Gasteiger partial charge is 0.343 e. The highest BCUT2D eigenvalue weighted by Crippen LogP contribution is 2.31. The molecule has 14 heteroatoms. The van der Waals surface area contributed by atoms with Crippen molar-refractivity contribution in [2.75, 3.05) is 39.6 Å². The first-order chi connectivity index (χ1) is 30.2. The molecule has 0 saturated carbocycles. The van der Waals surface area contributed by atoms with Crippen LogP contribution in [0.3, 0.4) is 0 Å². The van der Waals surface area contributed by atoms with Crippen LogP contribution in [-0.2, 0) is 42.8 Å². The van der Waals surface area contributed by atoms with Gasteiger partial charge < -0.3 is 42.6 Å². The molecule has 0 spiro atoms. The summed E-state index contributed by atoms with van der Waals surface area (Å²) in [6.07, 6.45) is 4.54. The zero-order valence-corrected chi connectivity index (χ0v) is 33.9. The van der Waals surface area contributed by atoms with E-state index in [1.807, 2.05) is 48.5 Å². The van der Waals surface area contributed by atoms with Gasteiger partial charge >= 0.3 is 29.8 Å². The van der Waals surface area contributed by atoms with E-state index in [0.717, 1.165) is 41.0 Å². The summed E-state index contributed by atoms with van der Waals surface area (Å²) >= 11 is 0. The molecule has 6 rings (SSSR count). The molecule has 0 amide bonds. The predicted octanol–water partition coefficient (Wildman–Crippen LogP) is 6.91. The lowest BCUT2D eigenvalue weighted by Gasteiger charge is -2.17. The largest absolute Gasteiger partial charge is 0.494 e. The molecule has 2 heterocycles. The van der Waals surface area contributed by atoms with Crippen LogP contribution in [0, 0.1) is 0 Å². The van der Waals surface area contributed by atoms with Crippen LogP contribution >= 0.6 is 0 Å². The zero-order chi connectivity index (χ0) is 43.7. The Morgan fingerprint density at radius 2 is 1.00 bits per heavy atom. The van der Waals surface area contributed by atoms with Crippen molar-refractivity contribution < 1.29 is 66.6 Å². The fourth-order valence-corrected chi connectivity index (χ4v) is 6.34. The molecule has 0 radical (unpaired) electrons. The minimum atomic E-state index is -0.722. The van der Waals surface area contributed by atoms with E-state index in [9.17, 15) is 24.0 Å². The van der Waals surface area contributed by atoms with Crippen LogP contribution in [0.4, 0.5) is 0 Å². The number of esters is 5. The van der Waals surface area contributed by atoms with Crippen LogP contribution in [0.2, 0.25) is 0 Å². The number of carbonyl (C=O) groups is 5. The number of ether oxygens (including phenoxy) is 9. The van der Waals surface area contributed by atoms with Gasteiger partial charge in [0.15, 0.2) is 12.2 Å². The van der Waals surface area contributed by atoms with E-state index in [2.05, 4.69) is 13.2 Å². The van der Waals surface area contributed by atoms with Crippen LogP contribution in [-0.4, -0.2) is 93.9 Å². The van der Waals surface area contributed by atoms with Crippen LogP contribution in [0.1, 0.15) is 45.5 Å². The molecule has 4 aromatic rings. The maximum Gasteiger partial charge on any atom is 0.343 e. The molecule has 62 heavy (non-hydrogen) atoms. The van der Waals surface area contributed by atoms with Gasteiger partial charge in [0.05, 0.1) is 50.8 Å². The lowest BCUT2D eigenvalue weighted by atomic mass is 10.0. The summed E-state index contributed by atoms with van der Waals surface area (Å²) in [5, 5.41) is 0. The third kappa shape index (κ3) is 13.0. The van der Waals surface area contributed by atoms with E-state index in [-0.39, 0.29) is 31.1 Å². The van der Waals surface area contributed by atoms with Gasteiger partial charge in [-0.25, -0.2) is 24.0 Å². The van der Waals surface area contributed by atoms with Crippen molar-refractivity contribution in [3.8, 4) is 28.4 Å². The molecule has 4 aromatic carbocycles. The second kappa shape index (κ2) is 22.5. The quantitative estimate of drug-likeness (QED) is 0.0279. The van der Waals surface area contributed by atoms with Crippen LogP contribution in [0.25, 0.3) is 17.2 Å². The van der Waals surface area contributed by atoms with Crippen molar-refractivity contribution in [1.29, 1.82) is 0 Å². The molecule has 4 atom stereocenters. The first kappa shape index (κ1) is 44.5. The number of rotatable bonds is 21. The Bertz CT molecular complexity index is 2190. The molecule has 2 aliphatic heterocycles. The normalized spacial score (nSPS) is 17.6. The third-order valence-corrected chi connectivity index (χ3v) is 9.58. The van der Waals surface area contributed by atoms with E-state index in [1.165, 1.54) is 30.3 Å². The van der Waals surface area contributed by atoms with E-state index in [1.54, 1.807) is 30.3 Å². The van der Waals surface area contributed by atoms with Crippen LogP contribution < -0.4 is 14.2 Å². The topological polar surface area (TPSA) is 168 Å². The first-order valence-electron chi connectivity index (χ1n) is 20.0. The Hall–Kier alpha value is -7.03. The highest BCUT2D eigenvalue weighted by Gasteiger charge is 2.51. The van der Waals surface area contributed by atoms with Crippen molar-refractivity contribution in [3.63, 3.8) is 0 Å². The Morgan fingerprint density at radius 1 is 0.532 bits per heavy atom. The Kier molecular flexibility index (Phi) is 16.2. The lowest BCUT2D eigenvalue weighted by molar-refractivity contribution is -0.147. The molecule has 0 bridgehead atoms. The van der Waals surface area contributed by atoms with E-state index < -0.39 is 54.3 Å². The van der Waals surface area contributed by atoms with Crippen molar-refractivity contribution in [2.45, 2.75) is 43.7 Å². The van der Waals surface area contributed by atoms with Crippen molar-refractivity contribution in [2.24, 2.45) is 0 Å². The average Bonchev–Trinajstić information content (AvgIpc) is 3.89. The summed E-state index contributed by atoms with van der Waals surface area (Å²) in [6, 6.07) is 27.7. The number of hydrogen-bond acceptors (Lipinski definition) is 14. The highest BCUT2D eigenvalue weighted by atomic mass is 16.7. The number of unbranched alkanes of at least 4 members (excludes halogenated alkanes) is 1. The molecule has 0 aromatic heterocycles. The van der Waals surface area contributed by atoms with E-state index in [0.29, 0.717) is 44.0 Å². The first-order valence-corrected chi connectivity index (χ1v) is 20.0. The minimum absolute atomic E-state index is 0.0638. The van der Waals surface area contributed by atoms with Gasteiger partial charge in [0.1, 0.15) is 29.5 Å². The lowest BCUT2D eigenvalue weighted by Crippen LogP contribution is -2.35. The Morgan fingerprint density at radius 3 is 1.58 bits per heavy atom. The zero-order valence-electron chi connectivity index (χ0n) is 33.9. The summed E-state index contributed by atoms with van der Waals surface area (Å²) in [4.78, 5) is 60.7. The highest BCUT2D eigenvalue weighted by molar-refractivity contribution is 5.92. The third-order valence-electron chi connectivity index (χ3n) is 9.58. The van der Waals surface area contributed by atoms with Crippen LogP contribution in [0.15, 0.2) is 128 Å². The second-order valence-electron chi connectivity index (χ2n) is 13.9. The molecule has 0 unspecified atom stereocenters. The van der Waals surface area contributed by atoms with Gasteiger partial charge in [-0.3, -0.25) is 0 Å². The standard InChI is InChI=1S/C48H46O14/c1-3-42(49)56-27-6-5-26-54-37-19-13-34(14-20-37)33-11-8-32(9-12-33)10-25-44(51)61-40-30-58-46-41(31-59-45(40)46)62-48(53)36-17-23-39(24-18-36)60-47(52)35-15-21-38(22-16-35)55-28-7-29-57-43(50)4-2/h3-4,8-25,40-41,45-46H,1-2,5-7,26-31H2/t40-,41+,45+,46+/m0/s1. The second-order valence-corrected chi connectivity index (χ2v) is 13.9. The molecule has 2 fully saturated rings. The fraction of sp³-hybridized carbons (Fsp3) is 0.271. The summed E-state index contributed by atoms with van der Waals surface area (Å²) < 4.78 is 49.7. The van der Waals surface area contributed by atoms with Gasteiger partial charge in [0, 0.05) is 24.6 Å². The molecular formula is C48H46O14. The van der Waals surface area contributed by atoms with Crippen molar-refractivity contribution >= 4 is 35.9 Å².